The van der Waals surface area contributed by atoms with E-state index in [1.54, 1.807) is 7.11 Å². The van der Waals surface area contributed by atoms with Gasteiger partial charge in [-0.25, -0.2) is 0 Å². The predicted molar refractivity (Wildman–Crippen MR) is 62.3 cm³/mol. The number of ether oxygens (including phenoxy) is 2. The van der Waals surface area contributed by atoms with Gasteiger partial charge in [-0.1, -0.05) is 0 Å². The van der Waals surface area contributed by atoms with Crippen LogP contribution in [0.5, 0.6) is 0 Å². The first kappa shape index (κ1) is 13.5. The Balaban J connectivity index is 2.55. The molecule has 0 aliphatic carbocycles. The fraction of sp³-hybridized carbons (Fsp3) is 0.917. The lowest BCUT2D eigenvalue weighted by atomic mass is 10.1. The maximum atomic E-state index is 12.2. The molecule has 4 nitrogen and oxygen atoms in total. The molecule has 0 aromatic carbocycles. The van der Waals surface area contributed by atoms with Crippen LogP contribution in [0, 0.1) is 0 Å². The summed E-state index contributed by atoms with van der Waals surface area (Å²) in [5.74, 6) is 0.108. The molecule has 1 fully saturated rings. The Kier molecular flexibility index (Phi) is 5.22. The van der Waals surface area contributed by atoms with Gasteiger partial charge in [0.2, 0.25) is 0 Å². The van der Waals surface area contributed by atoms with Crippen LogP contribution in [-0.4, -0.2) is 49.3 Å². The van der Waals surface area contributed by atoms with E-state index in [0.717, 1.165) is 12.8 Å². The molecule has 4 heteroatoms. The molecule has 1 rings (SSSR count). The van der Waals surface area contributed by atoms with E-state index < -0.39 is 0 Å². The summed E-state index contributed by atoms with van der Waals surface area (Å²) in [5.41, 5.74) is 0. The molecule has 0 unspecified atom stereocenters. The van der Waals surface area contributed by atoms with Gasteiger partial charge in [0, 0.05) is 13.7 Å². The van der Waals surface area contributed by atoms with Crippen molar-refractivity contribution in [2.45, 2.75) is 51.9 Å². The highest BCUT2D eigenvalue weighted by atomic mass is 16.5. The minimum absolute atomic E-state index is 0.108. The maximum Gasteiger partial charge on any atom is 0.252 e. The average molecular weight is 229 g/mol. The number of carbonyl (C=O) groups is 1. The van der Waals surface area contributed by atoms with Gasteiger partial charge in [-0.2, -0.15) is 0 Å². The molecule has 1 heterocycles. The van der Waals surface area contributed by atoms with Crippen LogP contribution < -0.4 is 0 Å². The SMILES string of the molecule is CCN(C(=O)[C@@H]1CC[C@@H](C)O1)[C@@H](C)COC. The summed E-state index contributed by atoms with van der Waals surface area (Å²) in [7, 11) is 1.66. The molecule has 94 valence electrons. The normalized spacial score (nSPS) is 26.8. The van der Waals surface area contributed by atoms with Crippen molar-refractivity contribution in [2.75, 3.05) is 20.3 Å². The lowest BCUT2D eigenvalue weighted by Crippen LogP contribution is -2.46. The summed E-state index contributed by atoms with van der Waals surface area (Å²) in [6.07, 6.45) is 1.79. The molecule has 1 aliphatic rings. The van der Waals surface area contributed by atoms with Crippen LogP contribution in [0.4, 0.5) is 0 Å². The Morgan fingerprint density at radius 3 is 2.69 bits per heavy atom. The molecule has 1 saturated heterocycles. The first-order valence-corrected chi connectivity index (χ1v) is 6.05. The van der Waals surface area contributed by atoms with Gasteiger partial charge in [-0.15, -0.1) is 0 Å². The number of hydrogen-bond acceptors (Lipinski definition) is 3. The third-order valence-corrected chi connectivity index (χ3v) is 3.07. The molecule has 0 radical (unpaired) electrons. The smallest absolute Gasteiger partial charge is 0.252 e. The Morgan fingerprint density at radius 1 is 1.56 bits per heavy atom. The van der Waals surface area contributed by atoms with Crippen molar-refractivity contribution in [1.82, 2.24) is 4.90 Å². The van der Waals surface area contributed by atoms with Gasteiger partial charge in [0.25, 0.3) is 5.91 Å². The fourth-order valence-electron chi connectivity index (χ4n) is 2.19. The zero-order valence-electron chi connectivity index (χ0n) is 10.7. The Bertz CT molecular complexity index is 232. The maximum absolute atomic E-state index is 12.2. The van der Waals surface area contributed by atoms with Gasteiger partial charge in [0.15, 0.2) is 0 Å². The largest absolute Gasteiger partial charge is 0.383 e. The van der Waals surface area contributed by atoms with Gasteiger partial charge in [0.05, 0.1) is 18.8 Å². The zero-order chi connectivity index (χ0) is 12.1. The Morgan fingerprint density at radius 2 is 2.25 bits per heavy atom. The monoisotopic (exact) mass is 229 g/mol. The summed E-state index contributed by atoms with van der Waals surface area (Å²) in [6.45, 7) is 7.29. The third-order valence-electron chi connectivity index (χ3n) is 3.07. The molecule has 0 bridgehead atoms. The number of likely N-dealkylation sites (N-methyl/N-ethyl adjacent to an activating group) is 1. The molecule has 1 amide bonds. The zero-order valence-corrected chi connectivity index (χ0v) is 10.7. The van der Waals surface area contributed by atoms with Crippen molar-refractivity contribution in [3.63, 3.8) is 0 Å². The van der Waals surface area contributed by atoms with Gasteiger partial charge in [-0.05, 0) is 33.6 Å². The van der Waals surface area contributed by atoms with Crippen LogP contribution in [0.25, 0.3) is 0 Å². The lowest BCUT2D eigenvalue weighted by Gasteiger charge is -2.29. The highest BCUT2D eigenvalue weighted by Gasteiger charge is 2.32. The van der Waals surface area contributed by atoms with Crippen LogP contribution in [0.3, 0.4) is 0 Å². The van der Waals surface area contributed by atoms with Crippen molar-refractivity contribution in [2.24, 2.45) is 0 Å². The Labute approximate surface area is 97.9 Å². The third kappa shape index (κ3) is 3.19. The van der Waals surface area contributed by atoms with E-state index in [9.17, 15) is 4.79 Å². The summed E-state index contributed by atoms with van der Waals surface area (Å²) in [6, 6.07) is 0.113. The van der Waals surface area contributed by atoms with Crippen LogP contribution in [0.2, 0.25) is 0 Å². The standard InChI is InChI=1S/C12H23NO3/c1-5-13(9(2)8-15-4)12(14)11-7-6-10(3)16-11/h9-11H,5-8H2,1-4H3/t9-,10+,11-/m0/s1. The van der Waals surface area contributed by atoms with Crippen LogP contribution in [0.15, 0.2) is 0 Å². The summed E-state index contributed by atoms with van der Waals surface area (Å²) in [4.78, 5) is 14.0. The summed E-state index contributed by atoms with van der Waals surface area (Å²) >= 11 is 0. The quantitative estimate of drug-likeness (QED) is 0.716. The van der Waals surface area contributed by atoms with E-state index in [1.807, 2.05) is 25.7 Å². The number of nitrogens with zero attached hydrogens (tertiary/aromatic N) is 1. The molecular formula is C12H23NO3. The van der Waals surface area contributed by atoms with Crippen LogP contribution in [-0.2, 0) is 14.3 Å². The second-order valence-corrected chi connectivity index (χ2v) is 4.44. The van der Waals surface area contributed by atoms with Crippen molar-refractivity contribution in [3.05, 3.63) is 0 Å². The number of amides is 1. The van der Waals surface area contributed by atoms with E-state index >= 15 is 0 Å². The van der Waals surface area contributed by atoms with Gasteiger partial charge in [0.1, 0.15) is 6.10 Å². The molecule has 0 aromatic rings. The first-order chi connectivity index (χ1) is 7.60. The molecule has 0 N–H and O–H groups in total. The minimum Gasteiger partial charge on any atom is -0.383 e. The molecule has 3 atom stereocenters. The highest BCUT2D eigenvalue weighted by molar-refractivity contribution is 5.81. The molecular weight excluding hydrogens is 206 g/mol. The fourth-order valence-corrected chi connectivity index (χ4v) is 2.19. The number of carbonyl (C=O) groups excluding carboxylic acids is 1. The Hall–Kier alpha value is -0.610. The highest BCUT2D eigenvalue weighted by Crippen LogP contribution is 2.21. The molecule has 16 heavy (non-hydrogen) atoms. The van der Waals surface area contributed by atoms with Crippen molar-refractivity contribution >= 4 is 5.91 Å². The lowest BCUT2D eigenvalue weighted by molar-refractivity contribution is -0.145. The van der Waals surface area contributed by atoms with E-state index in [0.29, 0.717) is 13.2 Å². The molecule has 1 aliphatic heterocycles. The second-order valence-electron chi connectivity index (χ2n) is 4.44. The van der Waals surface area contributed by atoms with Crippen LogP contribution >= 0.6 is 0 Å². The van der Waals surface area contributed by atoms with Crippen molar-refractivity contribution < 1.29 is 14.3 Å². The number of methoxy groups -OCH3 is 1. The van der Waals surface area contributed by atoms with E-state index in [-0.39, 0.29) is 24.2 Å². The van der Waals surface area contributed by atoms with Gasteiger partial charge in [-0.3, -0.25) is 4.79 Å². The van der Waals surface area contributed by atoms with Crippen molar-refractivity contribution in [1.29, 1.82) is 0 Å². The second kappa shape index (κ2) is 6.21. The van der Waals surface area contributed by atoms with Gasteiger partial charge < -0.3 is 14.4 Å². The number of hydrogen-bond donors (Lipinski definition) is 0. The van der Waals surface area contributed by atoms with Crippen molar-refractivity contribution in [3.8, 4) is 0 Å². The van der Waals surface area contributed by atoms with Crippen LogP contribution in [0.1, 0.15) is 33.6 Å². The van der Waals surface area contributed by atoms with E-state index in [1.165, 1.54) is 0 Å². The van der Waals surface area contributed by atoms with Gasteiger partial charge >= 0.3 is 0 Å². The van der Waals surface area contributed by atoms with E-state index in [2.05, 4.69) is 0 Å². The summed E-state index contributed by atoms with van der Waals surface area (Å²) in [5, 5.41) is 0. The predicted octanol–water partition coefficient (Wildman–Crippen LogP) is 1.44. The molecule has 0 spiro atoms. The number of rotatable bonds is 5. The molecule has 0 saturated carbocycles. The average Bonchev–Trinajstić information content (AvgIpc) is 2.66. The molecule has 0 aromatic heterocycles. The topological polar surface area (TPSA) is 38.8 Å². The minimum atomic E-state index is -0.241. The first-order valence-electron chi connectivity index (χ1n) is 6.05. The summed E-state index contributed by atoms with van der Waals surface area (Å²) < 4.78 is 10.7. The van der Waals surface area contributed by atoms with E-state index in [4.69, 9.17) is 9.47 Å².